The standard InChI is InChI=1S/C32H35Cl2N5O5.ClH/c1-44-24-10-13-38(14-11-24)15-16-39-12-2-3-25(32(39)43)20-4-6-21(7-5-20)30(41)37-29-26(17-23(34)18-27(29)40)31(42)36-28-9-8-22(33)19-35-28;/h4-9,17-19,24-25,40H,2-3,10-16H2,1H3,(H,37,41)(H,35,36,42);1H. The van der Waals surface area contributed by atoms with Crippen LogP contribution in [-0.2, 0) is 9.53 Å². The van der Waals surface area contributed by atoms with Gasteiger partial charge in [-0.05, 0) is 61.6 Å². The number of likely N-dealkylation sites (tertiary alicyclic amines) is 2. The lowest BCUT2D eigenvalue weighted by atomic mass is 9.89. The van der Waals surface area contributed by atoms with Crippen molar-refractivity contribution in [3.05, 3.63) is 81.5 Å². The zero-order chi connectivity index (χ0) is 31.2. The number of piperidine rings is 2. The number of ether oxygens (including phenoxy) is 1. The summed E-state index contributed by atoms with van der Waals surface area (Å²) in [4.78, 5) is 48.0. The van der Waals surface area contributed by atoms with Gasteiger partial charge in [0, 0.05) is 62.7 Å². The van der Waals surface area contributed by atoms with Crippen LogP contribution in [0, 0.1) is 0 Å². The fraction of sp³-hybridized carbons (Fsp3) is 0.375. The molecule has 2 fully saturated rings. The minimum Gasteiger partial charge on any atom is -0.506 e. The summed E-state index contributed by atoms with van der Waals surface area (Å²) in [5.41, 5.74) is 1.00. The summed E-state index contributed by atoms with van der Waals surface area (Å²) >= 11 is 12.0. The average Bonchev–Trinajstić information content (AvgIpc) is 3.03. The van der Waals surface area contributed by atoms with Crippen LogP contribution in [0.25, 0.3) is 0 Å². The second kappa shape index (κ2) is 15.7. The van der Waals surface area contributed by atoms with Crippen molar-refractivity contribution in [2.45, 2.75) is 37.7 Å². The first-order valence-corrected chi connectivity index (χ1v) is 15.4. The number of hydrogen-bond donors (Lipinski definition) is 3. The number of carbonyl (C=O) groups excluding carboxylic acids is 3. The molecule has 2 saturated heterocycles. The normalized spacial score (nSPS) is 17.4. The number of aromatic nitrogens is 1. The molecule has 3 N–H and O–H groups in total. The summed E-state index contributed by atoms with van der Waals surface area (Å²) in [5, 5.41) is 16.3. The number of anilines is 2. The number of phenolic OH excluding ortho intramolecular Hbond substituents is 1. The number of phenols is 1. The Balaban J connectivity index is 0.00000461. The Morgan fingerprint density at radius 1 is 0.956 bits per heavy atom. The molecule has 3 heterocycles. The number of benzene rings is 2. The quantitative estimate of drug-likeness (QED) is 0.244. The van der Waals surface area contributed by atoms with Crippen LogP contribution in [0.4, 0.5) is 11.5 Å². The molecule has 0 aliphatic carbocycles. The summed E-state index contributed by atoms with van der Waals surface area (Å²) in [5.74, 6) is -1.47. The van der Waals surface area contributed by atoms with E-state index in [9.17, 15) is 19.5 Å². The number of nitrogens with one attached hydrogen (secondary N) is 2. The van der Waals surface area contributed by atoms with E-state index in [2.05, 4.69) is 20.5 Å². The summed E-state index contributed by atoms with van der Waals surface area (Å²) < 4.78 is 5.46. The highest BCUT2D eigenvalue weighted by molar-refractivity contribution is 6.32. The molecule has 0 radical (unpaired) electrons. The topological polar surface area (TPSA) is 124 Å². The molecule has 5 rings (SSSR count). The Bertz CT molecular complexity index is 1500. The number of rotatable bonds is 9. The zero-order valence-electron chi connectivity index (χ0n) is 24.8. The molecular formula is C32H36Cl3N5O5. The summed E-state index contributed by atoms with van der Waals surface area (Å²) in [7, 11) is 1.76. The van der Waals surface area contributed by atoms with Crippen LogP contribution in [0.15, 0.2) is 54.7 Å². The van der Waals surface area contributed by atoms with Crippen LogP contribution < -0.4 is 10.6 Å². The highest BCUT2D eigenvalue weighted by atomic mass is 35.5. The fourth-order valence-electron chi connectivity index (χ4n) is 5.69. The van der Waals surface area contributed by atoms with Crippen molar-refractivity contribution in [2.75, 3.05) is 50.5 Å². The Morgan fingerprint density at radius 3 is 2.36 bits per heavy atom. The molecule has 1 unspecified atom stereocenters. The van der Waals surface area contributed by atoms with E-state index in [-0.39, 0.29) is 52.1 Å². The van der Waals surface area contributed by atoms with Gasteiger partial charge in [0.25, 0.3) is 11.8 Å². The molecule has 3 amide bonds. The summed E-state index contributed by atoms with van der Waals surface area (Å²) in [6.07, 6.45) is 5.40. The number of amides is 3. The number of pyridine rings is 1. The van der Waals surface area contributed by atoms with E-state index in [0.29, 0.717) is 23.2 Å². The Hall–Kier alpha value is -3.41. The highest BCUT2D eigenvalue weighted by Crippen LogP contribution is 2.33. The van der Waals surface area contributed by atoms with Crippen LogP contribution in [0.2, 0.25) is 10.0 Å². The van der Waals surface area contributed by atoms with Gasteiger partial charge >= 0.3 is 0 Å². The van der Waals surface area contributed by atoms with Gasteiger partial charge in [0.1, 0.15) is 11.6 Å². The van der Waals surface area contributed by atoms with E-state index in [4.69, 9.17) is 27.9 Å². The predicted molar refractivity (Wildman–Crippen MR) is 177 cm³/mol. The van der Waals surface area contributed by atoms with E-state index in [0.717, 1.165) is 57.4 Å². The van der Waals surface area contributed by atoms with Crippen molar-refractivity contribution in [1.82, 2.24) is 14.8 Å². The lowest BCUT2D eigenvalue weighted by Gasteiger charge is -2.36. The average molecular weight is 677 g/mol. The van der Waals surface area contributed by atoms with Gasteiger partial charge in [-0.1, -0.05) is 35.3 Å². The second-order valence-corrected chi connectivity index (χ2v) is 11.9. The van der Waals surface area contributed by atoms with Crippen molar-refractivity contribution in [3.8, 4) is 5.75 Å². The SMILES string of the molecule is COC1CCN(CCN2CCCC(c3ccc(C(=O)Nc4c(O)cc(Cl)cc4C(=O)Nc4ccc(Cl)cn4)cc3)C2=O)CC1.Cl. The van der Waals surface area contributed by atoms with Crippen molar-refractivity contribution in [2.24, 2.45) is 0 Å². The number of halogens is 3. The van der Waals surface area contributed by atoms with Crippen LogP contribution >= 0.6 is 35.6 Å². The maximum atomic E-state index is 13.4. The van der Waals surface area contributed by atoms with E-state index in [1.165, 1.54) is 24.4 Å². The van der Waals surface area contributed by atoms with Crippen molar-refractivity contribution in [1.29, 1.82) is 0 Å². The number of aromatic hydroxyl groups is 1. The van der Waals surface area contributed by atoms with Crippen LogP contribution in [0.3, 0.4) is 0 Å². The van der Waals surface area contributed by atoms with Gasteiger partial charge in [-0.15, -0.1) is 12.4 Å². The van der Waals surface area contributed by atoms with Gasteiger partial charge in [-0.3, -0.25) is 14.4 Å². The molecule has 10 nitrogen and oxygen atoms in total. The molecule has 2 aliphatic rings. The Kier molecular flexibility index (Phi) is 12.0. The van der Waals surface area contributed by atoms with Crippen molar-refractivity contribution in [3.63, 3.8) is 0 Å². The number of carbonyl (C=O) groups is 3. The van der Waals surface area contributed by atoms with E-state index < -0.39 is 11.8 Å². The Labute approximate surface area is 278 Å². The van der Waals surface area contributed by atoms with E-state index >= 15 is 0 Å². The van der Waals surface area contributed by atoms with Gasteiger partial charge in [0.05, 0.1) is 28.3 Å². The van der Waals surface area contributed by atoms with E-state index in [1.807, 2.05) is 4.90 Å². The third-order valence-electron chi connectivity index (χ3n) is 8.19. The predicted octanol–water partition coefficient (Wildman–Crippen LogP) is 5.84. The van der Waals surface area contributed by atoms with Gasteiger partial charge in [-0.2, -0.15) is 0 Å². The molecule has 0 spiro atoms. The smallest absolute Gasteiger partial charge is 0.259 e. The van der Waals surface area contributed by atoms with Crippen molar-refractivity contribution < 1.29 is 24.2 Å². The molecule has 1 aromatic heterocycles. The lowest BCUT2D eigenvalue weighted by molar-refractivity contribution is -0.135. The van der Waals surface area contributed by atoms with Gasteiger partial charge in [0.2, 0.25) is 5.91 Å². The van der Waals surface area contributed by atoms with Gasteiger partial charge < -0.3 is 30.3 Å². The van der Waals surface area contributed by atoms with Crippen LogP contribution in [0.5, 0.6) is 5.75 Å². The minimum atomic E-state index is -0.636. The van der Waals surface area contributed by atoms with E-state index in [1.54, 1.807) is 37.4 Å². The monoisotopic (exact) mass is 675 g/mol. The first-order chi connectivity index (χ1) is 21.2. The summed E-state index contributed by atoms with van der Waals surface area (Å²) in [6.45, 7) is 4.25. The Morgan fingerprint density at radius 2 is 1.69 bits per heavy atom. The van der Waals surface area contributed by atoms with Crippen LogP contribution in [0.1, 0.15) is 57.9 Å². The molecule has 2 aromatic carbocycles. The molecule has 45 heavy (non-hydrogen) atoms. The first-order valence-electron chi connectivity index (χ1n) is 14.6. The minimum absolute atomic E-state index is 0. The third kappa shape index (κ3) is 8.65. The highest BCUT2D eigenvalue weighted by Gasteiger charge is 2.30. The first kappa shape index (κ1) is 34.5. The number of nitrogens with zero attached hydrogens (tertiary/aromatic N) is 3. The molecule has 3 aromatic rings. The molecule has 13 heteroatoms. The number of hydrogen-bond acceptors (Lipinski definition) is 7. The largest absolute Gasteiger partial charge is 0.506 e. The lowest BCUT2D eigenvalue weighted by Crippen LogP contribution is -2.46. The molecule has 1 atom stereocenters. The molecular weight excluding hydrogens is 641 g/mol. The zero-order valence-corrected chi connectivity index (χ0v) is 27.1. The molecule has 0 bridgehead atoms. The maximum absolute atomic E-state index is 13.4. The number of methoxy groups -OCH3 is 1. The second-order valence-electron chi connectivity index (χ2n) is 11.0. The van der Waals surface area contributed by atoms with Gasteiger partial charge in [0.15, 0.2) is 0 Å². The molecule has 240 valence electrons. The maximum Gasteiger partial charge on any atom is 0.259 e. The van der Waals surface area contributed by atoms with Gasteiger partial charge in [-0.25, -0.2) is 4.98 Å². The molecule has 2 aliphatic heterocycles. The third-order valence-corrected chi connectivity index (χ3v) is 8.64. The summed E-state index contributed by atoms with van der Waals surface area (Å²) in [6, 6.07) is 12.5. The van der Waals surface area contributed by atoms with Crippen LogP contribution in [-0.4, -0.2) is 83.5 Å². The van der Waals surface area contributed by atoms with Crippen molar-refractivity contribution >= 4 is 64.8 Å². The fourth-order valence-corrected chi connectivity index (χ4v) is 6.02. The molecule has 0 saturated carbocycles.